The maximum absolute atomic E-state index is 5.53. The quantitative estimate of drug-likeness (QED) is 0.771. The van der Waals surface area contributed by atoms with Crippen molar-refractivity contribution >= 4 is 11.8 Å². The molecule has 0 saturated heterocycles. The molecule has 0 heterocycles. The van der Waals surface area contributed by atoms with E-state index in [2.05, 4.69) is 51.2 Å². The summed E-state index contributed by atoms with van der Waals surface area (Å²) in [7, 11) is 0. The Hall–Kier alpha value is -0.930. The highest BCUT2D eigenvalue weighted by Crippen LogP contribution is 2.31. The van der Waals surface area contributed by atoms with Gasteiger partial charge in [-0.2, -0.15) is 0 Å². The molecule has 0 atom stereocenters. The number of nitrogens with two attached hydrogens (primary N) is 1. The normalized spacial score (nSPS) is 12.3. The standard InChI is InChI=1S/C15H24N2S/c1-5-14(17-9-8-16)13(4)18-15-7-6-11(2)10-12(15)3/h6-7,10,17H,5,8-9,16H2,1-4H3/b14-13-. The van der Waals surface area contributed by atoms with Gasteiger partial charge in [-0.25, -0.2) is 0 Å². The van der Waals surface area contributed by atoms with Crippen molar-refractivity contribution < 1.29 is 0 Å². The van der Waals surface area contributed by atoms with Gasteiger partial charge in [0, 0.05) is 28.6 Å². The molecule has 1 aromatic carbocycles. The van der Waals surface area contributed by atoms with E-state index in [0.717, 1.165) is 13.0 Å². The van der Waals surface area contributed by atoms with Gasteiger partial charge < -0.3 is 11.1 Å². The van der Waals surface area contributed by atoms with Crippen LogP contribution in [-0.2, 0) is 0 Å². The van der Waals surface area contributed by atoms with Crippen molar-refractivity contribution in [3.05, 3.63) is 39.9 Å². The summed E-state index contributed by atoms with van der Waals surface area (Å²) in [5, 5.41) is 3.40. The average molecular weight is 264 g/mol. The lowest BCUT2D eigenvalue weighted by atomic mass is 10.2. The van der Waals surface area contributed by atoms with Crippen LogP contribution in [0, 0.1) is 13.8 Å². The van der Waals surface area contributed by atoms with Crippen LogP contribution >= 0.6 is 11.8 Å². The Labute approximate surface area is 115 Å². The molecule has 3 heteroatoms. The number of hydrogen-bond acceptors (Lipinski definition) is 3. The molecule has 18 heavy (non-hydrogen) atoms. The molecule has 3 N–H and O–H groups in total. The summed E-state index contributed by atoms with van der Waals surface area (Å²) in [5.41, 5.74) is 9.49. The zero-order valence-electron chi connectivity index (χ0n) is 11.8. The minimum Gasteiger partial charge on any atom is -0.386 e. The Bertz CT molecular complexity index is 425. The molecule has 0 amide bonds. The van der Waals surface area contributed by atoms with E-state index in [-0.39, 0.29) is 0 Å². The lowest BCUT2D eigenvalue weighted by Crippen LogP contribution is -2.22. The molecular formula is C15H24N2S. The van der Waals surface area contributed by atoms with Crippen LogP contribution < -0.4 is 11.1 Å². The number of allylic oxidation sites excluding steroid dienone is 2. The van der Waals surface area contributed by atoms with Crippen LogP contribution in [0.25, 0.3) is 0 Å². The fourth-order valence-electron chi connectivity index (χ4n) is 1.86. The van der Waals surface area contributed by atoms with Crippen molar-refractivity contribution in [2.75, 3.05) is 13.1 Å². The van der Waals surface area contributed by atoms with Gasteiger partial charge in [-0.05, 0) is 38.8 Å². The van der Waals surface area contributed by atoms with E-state index in [1.807, 2.05) is 11.8 Å². The lowest BCUT2D eigenvalue weighted by molar-refractivity contribution is 0.761. The second-order valence-corrected chi connectivity index (χ2v) is 5.73. The number of benzene rings is 1. The fourth-order valence-corrected chi connectivity index (χ4v) is 2.89. The van der Waals surface area contributed by atoms with E-state index in [1.54, 1.807) is 0 Å². The molecule has 0 aliphatic rings. The molecule has 0 saturated carbocycles. The minimum atomic E-state index is 0.672. The Morgan fingerprint density at radius 1 is 1.33 bits per heavy atom. The highest BCUT2D eigenvalue weighted by molar-refractivity contribution is 8.03. The number of hydrogen-bond donors (Lipinski definition) is 2. The second kappa shape index (κ2) is 7.49. The zero-order valence-corrected chi connectivity index (χ0v) is 12.7. The molecule has 0 radical (unpaired) electrons. The van der Waals surface area contributed by atoms with Crippen molar-refractivity contribution in [2.24, 2.45) is 5.73 Å². The van der Waals surface area contributed by atoms with Crippen LogP contribution in [0.2, 0.25) is 0 Å². The van der Waals surface area contributed by atoms with Crippen molar-refractivity contribution in [1.29, 1.82) is 0 Å². The summed E-state index contributed by atoms with van der Waals surface area (Å²) in [6.45, 7) is 10.2. The Kier molecular flexibility index (Phi) is 6.30. The van der Waals surface area contributed by atoms with Crippen molar-refractivity contribution in [3.63, 3.8) is 0 Å². The van der Waals surface area contributed by atoms with Crippen LogP contribution in [0.4, 0.5) is 0 Å². The first-order valence-corrected chi connectivity index (χ1v) is 7.29. The summed E-state index contributed by atoms with van der Waals surface area (Å²) >= 11 is 1.84. The van der Waals surface area contributed by atoms with E-state index >= 15 is 0 Å². The molecule has 0 bridgehead atoms. The molecule has 0 aliphatic heterocycles. The average Bonchev–Trinajstić information content (AvgIpc) is 2.34. The highest BCUT2D eigenvalue weighted by atomic mass is 32.2. The Morgan fingerprint density at radius 3 is 2.61 bits per heavy atom. The molecule has 0 fully saturated rings. The molecule has 0 aromatic heterocycles. The zero-order chi connectivity index (χ0) is 13.5. The molecule has 1 rings (SSSR count). The van der Waals surface area contributed by atoms with E-state index in [0.29, 0.717) is 6.54 Å². The van der Waals surface area contributed by atoms with Crippen LogP contribution in [0.1, 0.15) is 31.4 Å². The molecule has 1 aromatic rings. The van der Waals surface area contributed by atoms with Gasteiger partial charge in [0.15, 0.2) is 0 Å². The van der Waals surface area contributed by atoms with Crippen LogP contribution in [-0.4, -0.2) is 13.1 Å². The monoisotopic (exact) mass is 264 g/mol. The van der Waals surface area contributed by atoms with E-state index in [1.165, 1.54) is 26.6 Å². The Balaban J connectivity index is 2.83. The molecule has 0 unspecified atom stereocenters. The van der Waals surface area contributed by atoms with E-state index in [9.17, 15) is 0 Å². The third kappa shape index (κ3) is 4.39. The van der Waals surface area contributed by atoms with Crippen molar-refractivity contribution in [1.82, 2.24) is 5.32 Å². The summed E-state index contributed by atoms with van der Waals surface area (Å²) in [6.07, 6.45) is 1.02. The largest absolute Gasteiger partial charge is 0.386 e. The van der Waals surface area contributed by atoms with E-state index < -0.39 is 0 Å². The van der Waals surface area contributed by atoms with Gasteiger partial charge in [0.25, 0.3) is 0 Å². The van der Waals surface area contributed by atoms with Gasteiger partial charge in [-0.15, -0.1) is 0 Å². The van der Waals surface area contributed by atoms with Crippen LogP contribution in [0.15, 0.2) is 33.7 Å². The predicted molar refractivity (Wildman–Crippen MR) is 81.8 cm³/mol. The van der Waals surface area contributed by atoms with Crippen LogP contribution in [0.5, 0.6) is 0 Å². The second-order valence-electron chi connectivity index (χ2n) is 4.47. The minimum absolute atomic E-state index is 0.672. The third-order valence-electron chi connectivity index (χ3n) is 2.85. The summed E-state index contributed by atoms with van der Waals surface area (Å²) < 4.78 is 0. The van der Waals surface area contributed by atoms with Gasteiger partial charge in [0.05, 0.1) is 0 Å². The van der Waals surface area contributed by atoms with Gasteiger partial charge in [-0.1, -0.05) is 36.4 Å². The predicted octanol–water partition coefficient (Wildman–Crippen LogP) is 3.59. The number of aryl methyl sites for hydroxylation is 2. The smallest absolute Gasteiger partial charge is 0.0267 e. The molecule has 2 nitrogen and oxygen atoms in total. The lowest BCUT2D eigenvalue weighted by Gasteiger charge is -2.13. The van der Waals surface area contributed by atoms with Gasteiger partial charge in [0.1, 0.15) is 0 Å². The summed E-state index contributed by atoms with van der Waals surface area (Å²) in [4.78, 5) is 2.66. The van der Waals surface area contributed by atoms with Crippen molar-refractivity contribution in [2.45, 2.75) is 39.0 Å². The van der Waals surface area contributed by atoms with Crippen molar-refractivity contribution in [3.8, 4) is 0 Å². The maximum Gasteiger partial charge on any atom is 0.0267 e. The molecule has 0 aliphatic carbocycles. The first-order valence-electron chi connectivity index (χ1n) is 6.47. The highest BCUT2D eigenvalue weighted by Gasteiger charge is 2.05. The maximum atomic E-state index is 5.53. The summed E-state index contributed by atoms with van der Waals surface area (Å²) in [6, 6.07) is 6.60. The third-order valence-corrected chi connectivity index (χ3v) is 4.09. The van der Waals surface area contributed by atoms with E-state index in [4.69, 9.17) is 5.73 Å². The first-order chi connectivity index (χ1) is 8.58. The number of thioether (sulfide) groups is 1. The number of nitrogens with one attached hydrogen (secondary N) is 1. The molecule has 100 valence electrons. The Morgan fingerprint density at radius 2 is 2.06 bits per heavy atom. The fraction of sp³-hybridized carbons (Fsp3) is 0.467. The van der Waals surface area contributed by atoms with Crippen LogP contribution in [0.3, 0.4) is 0 Å². The van der Waals surface area contributed by atoms with Gasteiger partial charge >= 0.3 is 0 Å². The first kappa shape index (κ1) is 15.1. The molecule has 0 spiro atoms. The molecular weight excluding hydrogens is 240 g/mol. The topological polar surface area (TPSA) is 38.0 Å². The SMILES string of the molecule is CC/C(NCCN)=C(\C)Sc1ccc(C)cc1C. The van der Waals surface area contributed by atoms with Gasteiger partial charge in [-0.3, -0.25) is 0 Å². The number of rotatable bonds is 6. The summed E-state index contributed by atoms with van der Waals surface area (Å²) in [5.74, 6) is 0. The van der Waals surface area contributed by atoms with Gasteiger partial charge in [0.2, 0.25) is 0 Å².